The van der Waals surface area contributed by atoms with Crippen LogP contribution in [0.1, 0.15) is 6.92 Å². The summed E-state index contributed by atoms with van der Waals surface area (Å²) in [6.07, 6.45) is 0. The van der Waals surface area contributed by atoms with Crippen LogP contribution in [0.3, 0.4) is 0 Å². The Morgan fingerprint density at radius 1 is 0.875 bits per heavy atom. The number of fused-ring (bicyclic) bond motifs is 3. The van der Waals surface area contributed by atoms with Crippen molar-refractivity contribution in [1.29, 1.82) is 0 Å². The van der Waals surface area contributed by atoms with Crippen molar-refractivity contribution >= 4 is 53.5 Å². The molecule has 1 N–H and O–H groups in total. The molecule has 5 rings (SSSR count). The highest BCUT2D eigenvalue weighted by atomic mass is 79.9. The van der Waals surface area contributed by atoms with Crippen LogP contribution in [0.25, 0.3) is 44.1 Å². The third-order valence-electron chi connectivity index (χ3n) is 5.48. The van der Waals surface area contributed by atoms with Gasteiger partial charge in [-0.1, -0.05) is 58.4 Å². The average molecular weight is 549 g/mol. The Morgan fingerprint density at radius 2 is 1.66 bits per heavy atom. The fourth-order valence-electron chi connectivity index (χ4n) is 4.00. The quantitative estimate of drug-likeness (QED) is 0.229. The third kappa shape index (κ3) is 3.76. The molecule has 0 saturated heterocycles. The number of rotatable bonds is 4. The minimum Gasteiger partial charge on any atom is -0.503 e. The molecule has 0 fully saturated rings. The molecular weight excluding hydrogens is 530 g/mol. The van der Waals surface area contributed by atoms with Crippen LogP contribution in [0.4, 0.5) is 0 Å². The first kappa shape index (κ1) is 21.0. The van der Waals surface area contributed by atoms with Crippen LogP contribution < -0.4 is 4.74 Å². The second kappa shape index (κ2) is 8.57. The number of hydrogen-bond acceptors (Lipinski definition) is 3. The van der Waals surface area contributed by atoms with E-state index in [1.54, 1.807) is 0 Å². The van der Waals surface area contributed by atoms with Crippen molar-refractivity contribution in [1.82, 2.24) is 4.98 Å². The van der Waals surface area contributed by atoms with E-state index in [2.05, 4.69) is 74.3 Å². The molecule has 1 heterocycles. The first-order chi connectivity index (χ1) is 15.5. The number of aromatic nitrogens is 1. The molecule has 4 aromatic carbocycles. The van der Waals surface area contributed by atoms with Gasteiger partial charge in [0.25, 0.3) is 0 Å². The molecule has 0 amide bonds. The van der Waals surface area contributed by atoms with E-state index in [4.69, 9.17) is 9.72 Å². The Balaban J connectivity index is 1.87. The van der Waals surface area contributed by atoms with Crippen LogP contribution in [-0.4, -0.2) is 16.7 Å². The Hall–Kier alpha value is -2.89. The molecule has 5 heteroatoms. The highest BCUT2D eigenvalue weighted by Crippen LogP contribution is 2.42. The van der Waals surface area contributed by atoms with Crippen molar-refractivity contribution in [2.75, 3.05) is 6.61 Å². The second-order valence-electron chi connectivity index (χ2n) is 7.48. The Labute approximate surface area is 203 Å². The van der Waals surface area contributed by atoms with E-state index in [0.29, 0.717) is 16.8 Å². The summed E-state index contributed by atoms with van der Waals surface area (Å²) in [4.78, 5) is 5.00. The lowest BCUT2D eigenvalue weighted by Crippen LogP contribution is -1.95. The summed E-state index contributed by atoms with van der Waals surface area (Å²) >= 11 is 7.01. The number of benzene rings is 4. The van der Waals surface area contributed by atoms with Crippen molar-refractivity contribution < 1.29 is 9.84 Å². The van der Waals surface area contributed by atoms with Gasteiger partial charge in [0.1, 0.15) is 0 Å². The molecule has 0 spiro atoms. The maximum absolute atomic E-state index is 10.5. The molecule has 0 aliphatic heterocycles. The van der Waals surface area contributed by atoms with E-state index in [1.807, 2.05) is 43.3 Å². The van der Waals surface area contributed by atoms with E-state index in [-0.39, 0.29) is 5.75 Å². The SMILES string of the molecule is CCOc1cc(-c2cc(-c3ccc(Br)cc3)nc3ccc4ccccc4c23)cc(Br)c1O. The molecule has 0 aliphatic carbocycles. The number of pyridine rings is 1. The molecular formula is C27H19Br2NO2. The predicted molar refractivity (Wildman–Crippen MR) is 138 cm³/mol. The number of aromatic hydroxyl groups is 1. The molecule has 0 aliphatic rings. The van der Waals surface area contributed by atoms with Gasteiger partial charge in [0.15, 0.2) is 11.5 Å². The zero-order valence-electron chi connectivity index (χ0n) is 17.3. The lowest BCUT2D eigenvalue weighted by molar-refractivity contribution is 0.317. The Kier molecular flexibility index (Phi) is 5.62. The van der Waals surface area contributed by atoms with Crippen LogP contribution in [0.5, 0.6) is 11.5 Å². The molecule has 1 aromatic heterocycles. The monoisotopic (exact) mass is 547 g/mol. The van der Waals surface area contributed by atoms with Crippen LogP contribution >= 0.6 is 31.9 Å². The summed E-state index contributed by atoms with van der Waals surface area (Å²) in [5.41, 5.74) is 4.82. The van der Waals surface area contributed by atoms with Crippen molar-refractivity contribution in [2.45, 2.75) is 6.92 Å². The summed E-state index contributed by atoms with van der Waals surface area (Å²) in [6, 6.07) is 26.6. The van der Waals surface area contributed by atoms with E-state index in [1.165, 1.54) is 0 Å². The van der Waals surface area contributed by atoms with Crippen LogP contribution in [0, 0.1) is 0 Å². The van der Waals surface area contributed by atoms with Crippen molar-refractivity contribution in [3.63, 3.8) is 0 Å². The van der Waals surface area contributed by atoms with Gasteiger partial charge in [-0.15, -0.1) is 0 Å². The van der Waals surface area contributed by atoms with Gasteiger partial charge in [-0.25, -0.2) is 4.98 Å². The lowest BCUT2D eigenvalue weighted by atomic mass is 9.94. The van der Waals surface area contributed by atoms with Gasteiger partial charge in [-0.2, -0.15) is 0 Å². The zero-order chi connectivity index (χ0) is 22.2. The standard InChI is InChI=1S/C27H19Br2NO2/c1-2-32-25-14-18(13-22(29)27(25)31)21-15-24(17-7-10-19(28)11-8-17)30-23-12-9-16-5-3-4-6-20(16)26(21)23/h3-15,31H,2H2,1H3. The lowest BCUT2D eigenvalue weighted by Gasteiger charge is -2.15. The molecule has 32 heavy (non-hydrogen) atoms. The summed E-state index contributed by atoms with van der Waals surface area (Å²) in [6.45, 7) is 2.37. The van der Waals surface area contributed by atoms with E-state index >= 15 is 0 Å². The smallest absolute Gasteiger partial charge is 0.172 e. The highest BCUT2D eigenvalue weighted by Gasteiger charge is 2.16. The van der Waals surface area contributed by atoms with Crippen molar-refractivity contribution in [3.05, 3.63) is 87.8 Å². The van der Waals surface area contributed by atoms with Gasteiger partial charge in [0.2, 0.25) is 0 Å². The summed E-state index contributed by atoms with van der Waals surface area (Å²) in [7, 11) is 0. The van der Waals surface area contributed by atoms with Crippen molar-refractivity contribution in [2.24, 2.45) is 0 Å². The summed E-state index contributed by atoms with van der Waals surface area (Å²) < 4.78 is 7.32. The van der Waals surface area contributed by atoms with Crippen LogP contribution in [0.15, 0.2) is 87.8 Å². The maximum Gasteiger partial charge on any atom is 0.172 e. The number of halogens is 2. The first-order valence-electron chi connectivity index (χ1n) is 10.3. The molecule has 0 radical (unpaired) electrons. The topological polar surface area (TPSA) is 42.4 Å². The van der Waals surface area contributed by atoms with Crippen LogP contribution in [0.2, 0.25) is 0 Å². The number of hydrogen-bond donors (Lipinski definition) is 1. The fraction of sp³-hybridized carbons (Fsp3) is 0.0741. The molecule has 158 valence electrons. The minimum absolute atomic E-state index is 0.104. The second-order valence-corrected chi connectivity index (χ2v) is 9.25. The van der Waals surface area contributed by atoms with E-state index in [0.717, 1.165) is 48.5 Å². The molecule has 3 nitrogen and oxygen atoms in total. The summed E-state index contributed by atoms with van der Waals surface area (Å²) in [5, 5.41) is 13.8. The highest BCUT2D eigenvalue weighted by molar-refractivity contribution is 9.10. The fourth-order valence-corrected chi connectivity index (χ4v) is 4.70. The first-order valence-corrected chi connectivity index (χ1v) is 11.9. The van der Waals surface area contributed by atoms with Gasteiger partial charge in [0, 0.05) is 15.4 Å². The van der Waals surface area contributed by atoms with Gasteiger partial charge < -0.3 is 9.84 Å². The minimum atomic E-state index is 0.104. The maximum atomic E-state index is 10.5. The third-order valence-corrected chi connectivity index (χ3v) is 6.61. The Bertz CT molecular complexity index is 1460. The Morgan fingerprint density at radius 3 is 2.44 bits per heavy atom. The van der Waals surface area contributed by atoms with Gasteiger partial charge in [-0.3, -0.25) is 0 Å². The van der Waals surface area contributed by atoms with E-state index in [9.17, 15) is 5.11 Å². The number of phenolic OH excluding ortho intramolecular Hbond substituents is 1. The number of nitrogens with zero attached hydrogens (tertiary/aromatic N) is 1. The normalized spacial score (nSPS) is 11.2. The predicted octanol–water partition coefficient (Wildman–Crippen LogP) is 8.35. The number of ether oxygens (including phenoxy) is 1. The van der Waals surface area contributed by atoms with E-state index < -0.39 is 0 Å². The molecule has 0 unspecified atom stereocenters. The molecule has 0 atom stereocenters. The average Bonchev–Trinajstić information content (AvgIpc) is 2.81. The molecule has 0 bridgehead atoms. The van der Waals surface area contributed by atoms with Crippen LogP contribution in [-0.2, 0) is 0 Å². The molecule has 5 aromatic rings. The van der Waals surface area contributed by atoms with Crippen molar-refractivity contribution in [3.8, 4) is 33.9 Å². The largest absolute Gasteiger partial charge is 0.503 e. The number of phenols is 1. The summed E-state index contributed by atoms with van der Waals surface area (Å²) in [5.74, 6) is 0.555. The van der Waals surface area contributed by atoms with Gasteiger partial charge in [0.05, 0.1) is 22.3 Å². The van der Waals surface area contributed by atoms with Gasteiger partial charge >= 0.3 is 0 Å². The zero-order valence-corrected chi connectivity index (χ0v) is 20.4. The van der Waals surface area contributed by atoms with Gasteiger partial charge in [-0.05, 0) is 81.2 Å². The molecule has 0 saturated carbocycles.